The maximum atomic E-state index is 12.3. The van der Waals surface area contributed by atoms with Gasteiger partial charge in [0.2, 0.25) is 0 Å². The molecule has 0 saturated carbocycles. The number of aromatic hydroxyl groups is 1. The van der Waals surface area contributed by atoms with E-state index in [9.17, 15) is 15.2 Å². The van der Waals surface area contributed by atoms with Crippen LogP contribution in [0.2, 0.25) is 5.02 Å². The highest BCUT2D eigenvalue weighted by Gasteiger charge is 2.14. The Morgan fingerprint density at radius 2 is 1.92 bits per heavy atom. The fourth-order valence-electron chi connectivity index (χ4n) is 2.42. The lowest BCUT2D eigenvalue weighted by molar-refractivity contribution is 0.477. The normalized spacial score (nSPS) is 10.4. The first-order chi connectivity index (χ1) is 11.5. The van der Waals surface area contributed by atoms with E-state index < -0.39 is 5.56 Å². The van der Waals surface area contributed by atoms with E-state index in [1.54, 1.807) is 42.5 Å². The summed E-state index contributed by atoms with van der Waals surface area (Å²) in [5.41, 5.74) is 1.45. The molecule has 0 saturated heterocycles. The molecule has 0 aliphatic heterocycles. The van der Waals surface area contributed by atoms with E-state index >= 15 is 0 Å². The zero-order valence-electron chi connectivity index (χ0n) is 12.2. The fraction of sp³-hybridized carbons (Fsp3) is 0. The van der Waals surface area contributed by atoms with Crippen LogP contribution in [0, 0.1) is 11.3 Å². The van der Waals surface area contributed by atoms with Crippen LogP contribution in [-0.2, 0) is 0 Å². The van der Waals surface area contributed by atoms with Crippen molar-refractivity contribution in [1.82, 2.24) is 4.98 Å². The van der Waals surface area contributed by atoms with Gasteiger partial charge < -0.3 is 10.1 Å². The average molecular weight is 402 g/mol. The Labute approximate surface area is 151 Å². The Morgan fingerprint density at radius 1 is 1.12 bits per heavy atom. The van der Waals surface area contributed by atoms with Gasteiger partial charge in [-0.1, -0.05) is 39.7 Å². The van der Waals surface area contributed by atoms with Crippen LogP contribution in [0.25, 0.3) is 22.4 Å². The van der Waals surface area contributed by atoms with Crippen LogP contribution in [0.5, 0.6) is 5.75 Å². The number of nitrogens with zero attached hydrogens (tertiary/aromatic N) is 1. The van der Waals surface area contributed by atoms with E-state index in [0.717, 1.165) is 4.47 Å². The zero-order chi connectivity index (χ0) is 17.3. The average Bonchev–Trinajstić information content (AvgIpc) is 2.56. The van der Waals surface area contributed by atoms with Crippen LogP contribution in [-0.4, -0.2) is 10.1 Å². The molecule has 0 fully saturated rings. The summed E-state index contributed by atoms with van der Waals surface area (Å²) in [6.45, 7) is 0. The smallest absolute Gasteiger partial charge is 0.266 e. The highest BCUT2D eigenvalue weighted by Crippen LogP contribution is 2.33. The van der Waals surface area contributed by atoms with E-state index in [0.29, 0.717) is 27.4 Å². The van der Waals surface area contributed by atoms with Gasteiger partial charge in [-0.25, -0.2) is 0 Å². The highest BCUT2D eigenvalue weighted by atomic mass is 79.9. The maximum Gasteiger partial charge on any atom is 0.266 e. The molecule has 2 N–H and O–H groups in total. The number of rotatable bonds is 2. The number of aromatic amines is 1. The number of phenols is 1. The van der Waals surface area contributed by atoms with Crippen molar-refractivity contribution in [2.24, 2.45) is 0 Å². The number of nitrogens with one attached hydrogen (secondary N) is 1. The van der Waals surface area contributed by atoms with Crippen LogP contribution in [0.1, 0.15) is 5.56 Å². The summed E-state index contributed by atoms with van der Waals surface area (Å²) < 4.78 is 0.754. The molecule has 6 heteroatoms. The lowest BCUT2D eigenvalue weighted by Gasteiger charge is -2.10. The Morgan fingerprint density at radius 3 is 2.62 bits per heavy atom. The van der Waals surface area contributed by atoms with E-state index in [-0.39, 0.29) is 11.3 Å². The van der Waals surface area contributed by atoms with Crippen LogP contribution in [0.4, 0.5) is 0 Å². The molecule has 2 aromatic carbocycles. The number of hydrogen-bond acceptors (Lipinski definition) is 3. The summed E-state index contributed by atoms with van der Waals surface area (Å²) in [5.74, 6) is 0.0237. The summed E-state index contributed by atoms with van der Waals surface area (Å²) in [6.07, 6.45) is 0. The van der Waals surface area contributed by atoms with Crippen LogP contribution in [0.3, 0.4) is 0 Å². The number of hydrogen-bond donors (Lipinski definition) is 2. The summed E-state index contributed by atoms with van der Waals surface area (Å²) in [6, 6.07) is 15.4. The number of pyridine rings is 1. The first-order valence-corrected chi connectivity index (χ1v) is 8.09. The zero-order valence-corrected chi connectivity index (χ0v) is 14.5. The summed E-state index contributed by atoms with van der Waals surface area (Å²) in [4.78, 5) is 15.0. The molecule has 1 heterocycles. The van der Waals surface area contributed by atoms with E-state index in [2.05, 4.69) is 20.9 Å². The predicted octanol–water partition coefficient (Wildman–Crippen LogP) is 4.70. The van der Waals surface area contributed by atoms with Crippen LogP contribution in [0.15, 0.2) is 57.8 Å². The van der Waals surface area contributed by atoms with Gasteiger partial charge >= 0.3 is 0 Å². The summed E-state index contributed by atoms with van der Waals surface area (Å²) >= 11 is 9.36. The van der Waals surface area contributed by atoms with E-state index in [1.165, 1.54) is 6.07 Å². The van der Waals surface area contributed by atoms with Gasteiger partial charge in [-0.05, 0) is 42.0 Å². The van der Waals surface area contributed by atoms with Crippen molar-refractivity contribution in [2.45, 2.75) is 0 Å². The van der Waals surface area contributed by atoms with E-state index in [4.69, 9.17) is 11.6 Å². The molecule has 0 bridgehead atoms. The number of halogens is 2. The van der Waals surface area contributed by atoms with Crippen molar-refractivity contribution in [3.63, 3.8) is 0 Å². The second-order valence-corrected chi connectivity index (χ2v) is 6.44. The molecule has 118 valence electrons. The van der Waals surface area contributed by atoms with Gasteiger partial charge in [-0.3, -0.25) is 4.79 Å². The molecular formula is C18H10BrClN2O2. The molecular weight excluding hydrogens is 392 g/mol. The Balaban J connectivity index is 2.30. The van der Waals surface area contributed by atoms with Crippen molar-refractivity contribution in [3.05, 3.63) is 73.9 Å². The van der Waals surface area contributed by atoms with Gasteiger partial charge in [0.1, 0.15) is 17.4 Å². The SMILES string of the molecule is N#Cc1c(-c2cccc(Cl)c2)cc(-c2cc(Br)ccc2O)[nH]c1=O. The third kappa shape index (κ3) is 3.07. The molecule has 3 rings (SSSR count). The third-order valence-electron chi connectivity index (χ3n) is 3.53. The minimum absolute atomic E-state index is 0.00416. The minimum Gasteiger partial charge on any atom is -0.507 e. The number of nitriles is 1. The standard InChI is InChI=1S/C18H10BrClN2O2/c19-11-4-5-17(23)14(7-11)16-8-13(15(9-21)18(24)22-16)10-2-1-3-12(20)6-10/h1-8,23H,(H,22,24). The topological polar surface area (TPSA) is 76.9 Å². The second-order valence-electron chi connectivity index (χ2n) is 5.08. The van der Waals surface area contributed by atoms with Gasteiger partial charge in [0.15, 0.2) is 0 Å². The van der Waals surface area contributed by atoms with Crippen molar-refractivity contribution in [3.8, 4) is 34.2 Å². The predicted molar refractivity (Wildman–Crippen MR) is 97.0 cm³/mol. The van der Waals surface area contributed by atoms with Gasteiger partial charge in [-0.2, -0.15) is 5.26 Å². The molecule has 4 nitrogen and oxygen atoms in total. The second kappa shape index (κ2) is 6.52. The van der Waals surface area contributed by atoms with Gasteiger partial charge in [0.05, 0.1) is 5.69 Å². The molecule has 0 atom stereocenters. The van der Waals surface area contributed by atoms with Crippen molar-refractivity contribution >= 4 is 27.5 Å². The van der Waals surface area contributed by atoms with Gasteiger partial charge in [0.25, 0.3) is 5.56 Å². The number of aromatic nitrogens is 1. The molecule has 0 radical (unpaired) electrons. The van der Waals surface area contributed by atoms with Crippen molar-refractivity contribution < 1.29 is 5.11 Å². The maximum absolute atomic E-state index is 12.3. The molecule has 0 unspecified atom stereocenters. The largest absolute Gasteiger partial charge is 0.507 e. The number of H-pyrrole nitrogens is 1. The molecule has 0 amide bonds. The number of benzene rings is 2. The summed E-state index contributed by atoms with van der Waals surface area (Å²) in [5, 5.41) is 19.9. The first kappa shape index (κ1) is 16.3. The molecule has 24 heavy (non-hydrogen) atoms. The highest BCUT2D eigenvalue weighted by molar-refractivity contribution is 9.10. The molecule has 0 aliphatic carbocycles. The van der Waals surface area contributed by atoms with Gasteiger partial charge in [0, 0.05) is 20.6 Å². The Bertz CT molecular complexity index is 1040. The molecule has 0 aliphatic rings. The van der Waals surface area contributed by atoms with Crippen LogP contribution >= 0.6 is 27.5 Å². The van der Waals surface area contributed by atoms with Gasteiger partial charge in [-0.15, -0.1) is 0 Å². The summed E-state index contributed by atoms with van der Waals surface area (Å²) in [7, 11) is 0. The minimum atomic E-state index is -0.524. The molecule has 0 spiro atoms. The van der Waals surface area contributed by atoms with Crippen LogP contribution < -0.4 is 5.56 Å². The third-order valence-corrected chi connectivity index (χ3v) is 4.26. The molecule has 1 aromatic heterocycles. The first-order valence-electron chi connectivity index (χ1n) is 6.92. The monoisotopic (exact) mass is 400 g/mol. The Kier molecular flexibility index (Phi) is 4.43. The fourth-order valence-corrected chi connectivity index (χ4v) is 2.97. The lowest BCUT2D eigenvalue weighted by Crippen LogP contribution is -2.12. The Hall–Kier alpha value is -2.55. The van der Waals surface area contributed by atoms with Crippen molar-refractivity contribution in [2.75, 3.05) is 0 Å². The quantitative estimate of drug-likeness (QED) is 0.653. The van der Waals surface area contributed by atoms with E-state index in [1.807, 2.05) is 6.07 Å². The molecule has 3 aromatic rings. The lowest BCUT2D eigenvalue weighted by atomic mass is 9.99. The van der Waals surface area contributed by atoms with Crippen molar-refractivity contribution in [1.29, 1.82) is 5.26 Å². The number of phenolic OH excluding ortho intramolecular Hbond substituents is 1.